The van der Waals surface area contributed by atoms with Gasteiger partial charge in [0, 0.05) is 18.5 Å². The van der Waals surface area contributed by atoms with Crippen LogP contribution in [0.1, 0.15) is 64.4 Å². The molecule has 1 aromatic rings. The first-order valence-electron chi connectivity index (χ1n) is 11.5. The summed E-state index contributed by atoms with van der Waals surface area (Å²) in [5.74, 6) is 2.17. The van der Waals surface area contributed by atoms with Gasteiger partial charge in [0.15, 0.2) is 11.5 Å². The van der Waals surface area contributed by atoms with Gasteiger partial charge >= 0.3 is 6.09 Å². The molecule has 0 unspecified atom stereocenters. The molecule has 0 saturated heterocycles. The van der Waals surface area contributed by atoms with Crippen molar-refractivity contribution in [2.45, 2.75) is 70.4 Å². The van der Waals surface area contributed by atoms with Crippen LogP contribution in [0.4, 0.5) is 4.79 Å². The van der Waals surface area contributed by atoms with Crippen molar-refractivity contribution in [2.75, 3.05) is 19.8 Å². The number of amides is 2. The number of alkyl carbamates (subject to hydrolysis) is 1. The van der Waals surface area contributed by atoms with E-state index in [1.165, 1.54) is 12.8 Å². The van der Waals surface area contributed by atoms with Crippen LogP contribution in [0.25, 0.3) is 0 Å². The van der Waals surface area contributed by atoms with E-state index in [2.05, 4.69) is 10.6 Å². The molecule has 7 nitrogen and oxygen atoms in total. The Labute approximate surface area is 184 Å². The number of ether oxygens (including phenoxy) is 3. The third-order valence-electron chi connectivity index (χ3n) is 6.28. The van der Waals surface area contributed by atoms with E-state index in [0.717, 1.165) is 36.3 Å². The summed E-state index contributed by atoms with van der Waals surface area (Å²) in [5.41, 5.74) is 0.579. The minimum Gasteiger partial charge on any atom is -0.486 e. The highest BCUT2D eigenvalue weighted by Gasteiger charge is 2.45. The maximum absolute atomic E-state index is 13.0. The summed E-state index contributed by atoms with van der Waals surface area (Å²) in [6.07, 6.45) is 4.90. The van der Waals surface area contributed by atoms with Crippen molar-refractivity contribution in [3.05, 3.63) is 23.8 Å². The third-order valence-corrected chi connectivity index (χ3v) is 6.28. The van der Waals surface area contributed by atoms with Crippen LogP contribution in [0.3, 0.4) is 0 Å². The van der Waals surface area contributed by atoms with Crippen LogP contribution < -0.4 is 20.1 Å². The average Bonchev–Trinajstić information content (AvgIpc) is 3.34. The summed E-state index contributed by atoms with van der Waals surface area (Å²) in [4.78, 5) is 25.1. The van der Waals surface area contributed by atoms with Crippen LogP contribution in [-0.2, 0) is 9.53 Å². The van der Waals surface area contributed by atoms with Crippen molar-refractivity contribution in [1.29, 1.82) is 0 Å². The Hall–Kier alpha value is -2.44. The van der Waals surface area contributed by atoms with Crippen molar-refractivity contribution in [1.82, 2.24) is 10.6 Å². The van der Waals surface area contributed by atoms with Crippen LogP contribution >= 0.6 is 0 Å². The average molecular weight is 431 g/mol. The monoisotopic (exact) mass is 430 g/mol. The Bertz CT molecular complexity index is 813. The fourth-order valence-corrected chi connectivity index (χ4v) is 4.64. The van der Waals surface area contributed by atoms with E-state index in [9.17, 15) is 9.59 Å². The van der Waals surface area contributed by atoms with Crippen molar-refractivity contribution >= 4 is 12.0 Å². The lowest BCUT2D eigenvalue weighted by molar-refractivity contribution is -0.123. The van der Waals surface area contributed by atoms with E-state index in [1.807, 2.05) is 39.0 Å². The molecule has 3 aliphatic rings. The van der Waals surface area contributed by atoms with Gasteiger partial charge in [0.25, 0.3) is 0 Å². The Balaban J connectivity index is 1.34. The summed E-state index contributed by atoms with van der Waals surface area (Å²) in [6, 6.07) is 5.90. The van der Waals surface area contributed by atoms with Gasteiger partial charge < -0.3 is 24.8 Å². The number of fused-ring (bicyclic) bond motifs is 1. The van der Waals surface area contributed by atoms with Gasteiger partial charge in [-0.15, -0.1) is 0 Å². The second-order valence-corrected chi connectivity index (χ2v) is 9.89. The molecule has 0 radical (unpaired) electrons. The van der Waals surface area contributed by atoms with E-state index in [-0.39, 0.29) is 23.8 Å². The summed E-state index contributed by atoms with van der Waals surface area (Å²) in [5, 5.41) is 6.09. The molecule has 0 aromatic heterocycles. The fraction of sp³-hybridized carbons (Fsp3) is 0.667. The van der Waals surface area contributed by atoms with Crippen LogP contribution in [0.5, 0.6) is 11.5 Å². The molecule has 1 heterocycles. The van der Waals surface area contributed by atoms with Gasteiger partial charge in [-0.3, -0.25) is 4.79 Å². The van der Waals surface area contributed by atoms with Crippen LogP contribution in [0.2, 0.25) is 0 Å². The van der Waals surface area contributed by atoms with Crippen molar-refractivity contribution in [3.63, 3.8) is 0 Å². The molecular weight excluding hydrogens is 396 g/mol. The Morgan fingerprint density at radius 2 is 1.84 bits per heavy atom. The highest BCUT2D eigenvalue weighted by Crippen LogP contribution is 2.49. The normalized spacial score (nSPS) is 23.7. The quantitative estimate of drug-likeness (QED) is 0.718. The number of benzene rings is 1. The zero-order valence-corrected chi connectivity index (χ0v) is 18.7. The molecule has 2 fully saturated rings. The smallest absolute Gasteiger partial charge is 0.407 e. The summed E-state index contributed by atoms with van der Waals surface area (Å²) in [6.45, 7) is 7.04. The molecule has 31 heavy (non-hydrogen) atoms. The van der Waals surface area contributed by atoms with Gasteiger partial charge in [-0.05, 0) is 69.6 Å². The topological polar surface area (TPSA) is 85.9 Å². The van der Waals surface area contributed by atoms with Crippen molar-refractivity contribution < 1.29 is 23.8 Å². The molecule has 2 N–H and O–H groups in total. The molecule has 2 aliphatic carbocycles. The molecule has 2 saturated carbocycles. The fourth-order valence-electron chi connectivity index (χ4n) is 4.64. The first kappa shape index (κ1) is 21.8. The van der Waals surface area contributed by atoms with Crippen LogP contribution in [-0.4, -0.2) is 43.4 Å². The van der Waals surface area contributed by atoms with E-state index in [4.69, 9.17) is 14.2 Å². The van der Waals surface area contributed by atoms with Crippen molar-refractivity contribution in [2.24, 2.45) is 11.8 Å². The van der Waals surface area contributed by atoms with E-state index in [1.54, 1.807) is 0 Å². The molecule has 0 bridgehead atoms. The Kier molecular flexibility index (Phi) is 6.30. The highest BCUT2D eigenvalue weighted by atomic mass is 16.6. The van der Waals surface area contributed by atoms with Crippen LogP contribution in [0, 0.1) is 11.8 Å². The molecule has 1 aromatic carbocycles. The van der Waals surface area contributed by atoms with E-state index < -0.39 is 11.7 Å². The number of hydrogen-bond acceptors (Lipinski definition) is 5. The van der Waals surface area contributed by atoms with E-state index >= 15 is 0 Å². The largest absolute Gasteiger partial charge is 0.486 e. The molecule has 4 rings (SSSR count). The second-order valence-electron chi connectivity index (χ2n) is 9.89. The molecule has 2 amide bonds. The molecule has 1 aliphatic heterocycles. The maximum Gasteiger partial charge on any atom is 0.407 e. The lowest BCUT2D eigenvalue weighted by Crippen LogP contribution is -2.48. The minimum absolute atomic E-state index is 0.0343. The van der Waals surface area contributed by atoms with Crippen molar-refractivity contribution in [3.8, 4) is 11.5 Å². The highest BCUT2D eigenvalue weighted by molar-refractivity contribution is 5.83. The Morgan fingerprint density at radius 1 is 1.13 bits per heavy atom. The Morgan fingerprint density at radius 3 is 2.55 bits per heavy atom. The van der Waals surface area contributed by atoms with Gasteiger partial charge in [0.05, 0.1) is 0 Å². The lowest BCUT2D eigenvalue weighted by Gasteiger charge is -2.26. The van der Waals surface area contributed by atoms with E-state index in [0.29, 0.717) is 25.7 Å². The van der Waals surface area contributed by atoms with Crippen LogP contribution in [0.15, 0.2) is 18.2 Å². The molecular formula is C24H34N2O5. The number of hydrogen-bond donors (Lipinski definition) is 2. The number of carbonyl (C=O) groups is 2. The van der Waals surface area contributed by atoms with Gasteiger partial charge in [0.1, 0.15) is 18.8 Å². The lowest BCUT2D eigenvalue weighted by atomic mass is 9.97. The zero-order chi connectivity index (χ0) is 22.0. The first-order chi connectivity index (χ1) is 14.8. The summed E-state index contributed by atoms with van der Waals surface area (Å²) in [7, 11) is 0. The minimum atomic E-state index is -0.541. The standard InChI is InChI=1S/C24H34N2O5/c1-24(2,3)31-23(28)25-14-19(15-6-4-5-7-15)26-22(27)18-13-17(18)16-8-9-20-21(12-16)30-11-10-29-20/h8-9,12,15,17-19H,4-7,10-11,13-14H2,1-3H3,(H,25,28)(H,26,27)/t17-,18+,19+/m1/s1. The first-order valence-corrected chi connectivity index (χ1v) is 11.5. The molecule has 7 heteroatoms. The zero-order valence-electron chi connectivity index (χ0n) is 18.7. The molecule has 170 valence electrons. The number of rotatable bonds is 6. The van der Waals surface area contributed by atoms with Gasteiger partial charge in [-0.2, -0.15) is 0 Å². The van der Waals surface area contributed by atoms with Gasteiger partial charge in [0.2, 0.25) is 5.91 Å². The predicted octanol–water partition coefficient (Wildman–Crippen LogP) is 3.76. The maximum atomic E-state index is 13.0. The number of carbonyl (C=O) groups excluding carboxylic acids is 2. The number of nitrogens with one attached hydrogen (secondary N) is 2. The predicted molar refractivity (Wildman–Crippen MR) is 116 cm³/mol. The SMILES string of the molecule is CC(C)(C)OC(=O)NC[C@H](NC(=O)[C@H]1C[C@@H]1c1ccc2c(c1)OCCO2)C1CCCC1. The summed E-state index contributed by atoms with van der Waals surface area (Å²) < 4.78 is 16.6. The van der Waals surface area contributed by atoms with Gasteiger partial charge in [-0.1, -0.05) is 18.9 Å². The summed E-state index contributed by atoms with van der Waals surface area (Å²) >= 11 is 0. The molecule has 3 atom stereocenters. The third kappa shape index (κ3) is 5.63. The van der Waals surface area contributed by atoms with Gasteiger partial charge in [-0.25, -0.2) is 4.79 Å². The molecule has 0 spiro atoms. The second kappa shape index (κ2) is 8.97.